The van der Waals surface area contributed by atoms with Crippen LogP contribution in [0.4, 0.5) is 0 Å². The van der Waals surface area contributed by atoms with Crippen molar-refractivity contribution in [3.63, 3.8) is 0 Å². The molecule has 0 spiro atoms. The summed E-state index contributed by atoms with van der Waals surface area (Å²) in [6, 6.07) is -0.804. The number of unbranched alkanes of at least 4 members (excludes halogenated alkanes) is 57. The van der Waals surface area contributed by atoms with Gasteiger partial charge in [0.15, 0.2) is 6.29 Å². The van der Waals surface area contributed by atoms with Gasteiger partial charge in [0.2, 0.25) is 5.91 Å². The highest BCUT2D eigenvalue weighted by molar-refractivity contribution is 5.76. The fraction of sp³-hybridized carbons (Fsp3) is 0.949. The van der Waals surface area contributed by atoms with Crippen LogP contribution in [-0.4, -0.2) is 100 Å². The van der Waals surface area contributed by atoms with Gasteiger partial charge in [-0.05, 0) is 32.1 Å². The Kier molecular flexibility index (Phi) is 65.1. The van der Waals surface area contributed by atoms with Crippen LogP contribution in [0.2, 0.25) is 0 Å². The zero-order valence-corrected chi connectivity index (χ0v) is 58.9. The molecular weight excluding hydrogens is 1110 g/mol. The molecule has 11 heteroatoms. The van der Waals surface area contributed by atoms with Crippen LogP contribution >= 0.6 is 0 Å². The van der Waals surface area contributed by atoms with E-state index in [-0.39, 0.29) is 18.5 Å². The Hall–Kier alpha value is -1.60. The van der Waals surface area contributed by atoms with Gasteiger partial charge in [0.25, 0.3) is 0 Å². The van der Waals surface area contributed by atoms with Crippen molar-refractivity contribution in [3.8, 4) is 0 Å². The van der Waals surface area contributed by atoms with Crippen molar-refractivity contribution in [1.82, 2.24) is 5.32 Å². The average molecular weight is 1260 g/mol. The largest absolute Gasteiger partial charge is 0.466 e. The summed E-state index contributed by atoms with van der Waals surface area (Å²) in [4.78, 5) is 25.2. The minimum Gasteiger partial charge on any atom is -0.466 e. The molecular formula is C78H151NO10. The predicted octanol–water partition coefficient (Wildman–Crippen LogP) is 21.0. The van der Waals surface area contributed by atoms with E-state index in [1.165, 1.54) is 334 Å². The average Bonchev–Trinajstić information content (AvgIpc) is 1.76. The molecule has 0 aromatic carbocycles. The number of aliphatic hydroxyl groups is 5. The molecule has 1 rings (SSSR count). The van der Waals surface area contributed by atoms with Crippen molar-refractivity contribution < 1.29 is 49.3 Å². The van der Waals surface area contributed by atoms with E-state index < -0.39 is 49.5 Å². The molecule has 11 nitrogen and oxygen atoms in total. The molecule has 1 amide bonds. The maximum absolute atomic E-state index is 13.0. The maximum atomic E-state index is 13.0. The van der Waals surface area contributed by atoms with Gasteiger partial charge in [-0.15, -0.1) is 0 Å². The number of carbonyl (C=O) groups excluding carboxylic acids is 2. The van der Waals surface area contributed by atoms with E-state index in [1.807, 2.05) is 6.08 Å². The van der Waals surface area contributed by atoms with E-state index in [0.717, 1.165) is 51.4 Å². The Labute approximate surface area is 550 Å². The van der Waals surface area contributed by atoms with E-state index in [4.69, 9.17) is 14.2 Å². The van der Waals surface area contributed by atoms with E-state index in [0.29, 0.717) is 19.4 Å². The highest BCUT2D eigenvalue weighted by atomic mass is 16.7. The van der Waals surface area contributed by atoms with Crippen molar-refractivity contribution in [2.75, 3.05) is 19.8 Å². The molecule has 0 aliphatic carbocycles. The van der Waals surface area contributed by atoms with E-state index >= 15 is 0 Å². The van der Waals surface area contributed by atoms with Crippen molar-refractivity contribution in [3.05, 3.63) is 12.2 Å². The maximum Gasteiger partial charge on any atom is 0.305 e. The number of hydrogen-bond acceptors (Lipinski definition) is 10. The molecule has 0 aromatic rings. The van der Waals surface area contributed by atoms with Gasteiger partial charge in [0.05, 0.1) is 32.0 Å². The second kappa shape index (κ2) is 67.8. The zero-order valence-electron chi connectivity index (χ0n) is 58.9. The lowest BCUT2D eigenvalue weighted by Crippen LogP contribution is -2.60. The molecule has 89 heavy (non-hydrogen) atoms. The molecule has 0 saturated carbocycles. The Morgan fingerprint density at radius 2 is 0.708 bits per heavy atom. The number of allylic oxidation sites excluding steroid dienone is 1. The summed E-state index contributed by atoms with van der Waals surface area (Å²) < 4.78 is 16.8. The first-order valence-electron chi connectivity index (χ1n) is 39.5. The van der Waals surface area contributed by atoms with Gasteiger partial charge in [-0.3, -0.25) is 9.59 Å². The van der Waals surface area contributed by atoms with Crippen molar-refractivity contribution in [2.45, 2.75) is 455 Å². The topological polar surface area (TPSA) is 175 Å². The highest BCUT2D eigenvalue weighted by Crippen LogP contribution is 2.24. The molecule has 1 saturated heterocycles. The standard InChI is InChI=1S/C78H151NO10/c1-3-5-7-9-11-13-15-16-17-18-37-40-43-46-50-54-58-62-66-74(83)87-67-63-59-55-51-47-44-41-38-35-33-31-29-27-25-23-21-19-20-22-24-26-28-30-32-34-36-39-42-45-49-53-57-61-65-73(82)79-70(69-88-78-77(86)76(85)75(84)72(68-80)89-78)71(81)64-60-56-52-48-14-12-10-8-6-4-2/h60,64,70-72,75-78,80-81,84-86H,3-59,61-63,65-69H2,1-2H3,(H,79,82)/b64-60+. The number of nitrogens with one attached hydrogen (secondary N) is 1. The number of carbonyl (C=O) groups is 2. The number of esters is 1. The summed E-state index contributed by atoms with van der Waals surface area (Å²) in [5.41, 5.74) is 0. The normalized spacial score (nSPS) is 17.7. The van der Waals surface area contributed by atoms with Crippen LogP contribution in [0.5, 0.6) is 0 Å². The van der Waals surface area contributed by atoms with Gasteiger partial charge in [-0.2, -0.15) is 0 Å². The molecule has 0 bridgehead atoms. The number of amides is 1. The first kappa shape index (κ1) is 85.4. The smallest absolute Gasteiger partial charge is 0.305 e. The molecule has 7 atom stereocenters. The van der Waals surface area contributed by atoms with Crippen molar-refractivity contribution in [2.24, 2.45) is 0 Å². The minimum absolute atomic E-state index is 0.0200. The molecule has 0 radical (unpaired) electrons. The van der Waals surface area contributed by atoms with Gasteiger partial charge in [0.1, 0.15) is 24.4 Å². The zero-order chi connectivity index (χ0) is 64.4. The molecule has 1 aliphatic rings. The van der Waals surface area contributed by atoms with Crippen LogP contribution in [0.25, 0.3) is 0 Å². The molecule has 0 aromatic heterocycles. The van der Waals surface area contributed by atoms with Crippen molar-refractivity contribution in [1.29, 1.82) is 0 Å². The van der Waals surface area contributed by atoms with Gasteiger partial charge in [-0.1, -0.05) is 379 Å². The molecule has 1 aliphatic heterocycles. The van der Waals surface area contributed by atoms with Crippen molar-refractivity contribution >= 4 is 11.9 Å². The first-order chi connectivity index (χ1) is 43.7. The summed E-state index contributed by atoms with van der Waals surface area (Å²) in [5, 5.41) is 54.4. The number of ether oxygens (including phenoxy) is 3. The third-order valence-corrected chi connectivity index (χ3v) is 19.2. The third kappa shape index (κ3) is 56.5. The molecule has 1 heterocycles. The van der Waals surface area contributed by atoms with Crippen LogP contribution in [0.15, 0.2) is 12.2 Å². The second-order valence-electron chi connectivity index (χ2n) is 27.8. The SMILES string of the molecule is CCCCCCCCCC/C=C/C(O)C(COC1OC(CO)C(O)C(O)C1O)NC(=O)CCCCCCCCCCCCCCCCCCCCCCCCCCCCCCCCCCCOC(=O)CCCCCCCCCCCCCCCCCCCC. The van der Waals surface area contributed by atoms with Crippen LogP contribution in [0, 0.1) is 0 Å². The predicted molar refractivity (Wildman–Crippen MR) is 375 cm³/mol. The Bertz CT molecular complexity index is 1480. The van der Waals surface area contributed by atoms with Crippen LogP contribution in [0.1, 0.15) is 412 Å². The van der Waals surface area contributed by atoms with E-state index in [1.54, 1.807) is 6.08 Å². The fourth-order valence-electron chi connectivity index (χ4n) is 13.0. The van der Waals surface area contributed by atoms with Crippen LogP contribution in [-0.2, 0) is 23.8 Å². The summed E-state index contributed by atoms with van der Waals surface area (Å²) in [5.74, 6) is -0.156. The van der Waals surface area contributed by atoms with Crippen LogP contribution < -0.4 is 5.32 Å². The molecule has 528 valence electrons. The van der Waals surface area contributed by atoms with E-state index in [2.05, 4.69) is 19.2 Å². The molecule has 6 N–H and O–H groups in total. The lowest BCUT2D eigenvalue weighted by Gasteiger charge is -2.40. The number of aliphatic hydroxyl groups excluding tert-OH is 5. The monoisotopic (exact) mass is 1260 g/mol. The van der Waals surface area contributed by atoms with Crippen LogP contribution in [0.3, 0.4) is 0 Å². The highest BCUT2D eigenvalue weighted by Gasteiger charge is 2.44. The summed E-state index contributed by atoms with van der Waals surface area (Å²) >= 11 is 0. The second-order valence-corrected chi connectivity index (χ2v) is 27.8. The molecule has 7 unspecified atom stereocenters. The fourth-order valence-corrected chi connectivity index (χ4v) is 13.0. The summed E-state index contributed by atoms with van der Waals surface area (Å²) in [7, 11) is 0. The Morgan fingerprint density at radius 3 is 1.04 bits per heavy atom. The lowest BCUT2D eigenvalue weighted by atomic mass is 9.99. The van der Waals surface area contributed by atoms with Gasteiger partial charge in [0, 0.05) is 12.8 Å². The molecule has 1 fully saturated rings. The third-order valence-electron chi connectivity index (χ3n) is 19.2. The summed E-state index contributed by atoms with van der Waals surface area (Å²) in [6.45, 7) is 4.39. The Balaban J connectivity index is 1.85. The van der Waals surface area contributed by atoms with Gasteiger partial charge < -0.3 is 45.1 Å². The quantitative estimate of drug-likeness (QED) is 0.0195. The first-order valence-corrected chi connectivity index (χ1v) is 39.5. The van der Waals surface area contributed by atoms with Gasteiger partial charge in [-0.25, -0.2) is 0 Å². The summed E-state index contributed by atoms with van der Waals surface area (Å²) in [6.07, 6.45) is 75.4. The number of hydrogen-bond donors (Lipinski definition) is 6. The lowest BCUT2D eigenvalue weighted by molar-refractivity contribution is -0.302. The van der Waals surface area contributed by atoms with Gasteiger partial charge >= 0.3 is 5.97 Å². The Morgan fingerprint density at radius 1 is 0.404 bits per heavy atom. The minimum atomic E-state index is -1.57. The number of rotatable bonds is 71. The van der Waals surface area contributed by atoms with E-state index in [9.17, 15) is 35.1 Å².